The van der Waals surface area contributed by atoms with E-state index < -0.39 is 0 Å². The van der Waals surface area contributed by atoms with E-state index in [0.717, 1.165) is 35.9 Å². The van der Waals surface area contributed by atoms with Gasteiger partial charge in [-0.2, -0.15) is 0 Å². The number of amides is 1. The summed E-state index contributed by atoms with van der Waals surface area (Å²) in [5, 5.41) is 12.3. The first-order valence-corrected chi connectivity index (χ1v) is 11.5. The number of carbonyl (C=O) groups is 1. The molecule has 0 spiro atoms. The van der Waals surface area contributed by atoms with Crippen molar-refractivity contribution in [2.45, 2.75) is 25.5 Å². The first-order valence-electron chi connectivity index (χ1n) is 10.6. The van der Waals surface area contributed by atoms with Gasteiger partial charge in [0.15, 0.2) is 11.0 Å². The van der Waals surface area contributed by atoms with Crippen LogP contribution in [0.3, 0.4) is 0 Å². The van der Waals surface area contributed by atoms with Gasteiger partial charge in [-0.3, -0.25) is 9.36 Å². The summed E-state index contributed by atoms with van der Waals surface area (Å²) >= 11 is 1.35. The van der Waals surface area contributed by atoms with Crippen LogP contribution in [0, 0.1) is 0 Å². The second-order valence-corrected chi connectivity index (χ2v) is 7.93. The fraction of sp³-hybridized carbons (Fsp3) is 0.292. The third-order valence-electron chi connectivity index (χ3n) is 4.99. The van der Waals surface area contributed by atoms with Gasteiger partial charge in [0.1, 0.15) is 5.75 Å². The van der Waals surface area contributed by atoms with Crippen LogP contribution in [-0.4, -0.2) is 46.6 Å². The maximum absolute atomic E-state index is 12.4. The lowest BCUT2D eigenvalue weighted by Gasteiger charge is -2.21. The summed E-state index contributed by atoms with van der Waals surface area (Å²) in [6.07, 6.45) is 1.80. The molecule has 0 unspecified atom stereocenters. The van der Waals surface area contributed by atoms with Gasteiger partial charge < -0.3 is 15.0 Å². The zero-order chi connectivity index (χ0) is 22.9. The highest BCUT2D eigenvalue weighted by Gasteiger charge is 2.15. The summed E-state index contributed by atoms with van der Waals surface area (Å²) in [6, 6.07) is 15.5. The van der Waals surface area contributed by atoms with E-state index >= 15 is 0 Å². The molecule has 0 saturated heterocycles. The second-order valence-electron chi connectivity index (χ2n) is 6.99. The Morgan fingerprint density at radius 1 is 1.12 bits per heavy atom. The van der Waals surface area contributed by atoms with Crippen molar-refractivity contribution < 1.29 is 9.53 Å². The quantitative estimate of drug-likeness (QED) is 0.336. The summed E-state index contributed by atoms with van der Waals surface area (Å²) < 4.78 is 7.12. The summed E-state index contributed by atoms with van der Waals surface area (Å²) in [5.41, 5.74) is 2.88. The zero-order valence-corrected chi connectivity index (χ0v) is 19.6. The Bertz CT molecular complexity index is 1030. The first-order chi connectivity index (χ1) is 15.6. The maximum atomic E-state index is 12.4. The van der Waals surface area contributed by atoms with Crippen molar-refractivity contribution in [3.63, 3.8) is 0 Å². The molecule has 1 amide bonds. The number of allylic oxidation sites excluding steroid dienone is 1. The van der Waals surface area contributed by atoms with Gasteiger partial charge in [-0.15, -0.1) is 16.8 Å². The molecule has 0 bridgehead atoms. The van der Waals surface area contributed by atoms with E-state index in [1.165, 1.54) is 17.4 Å². The molecule has 168 valence electrons. The third-order valence-corrected chi connectivity index (χ3v) is 5.96. The third kappa shape index (κ3) is 5.70. The molecule has 3 aromatic rings. The first kappa shape index (κ1) is 23.4. The number of nitrogens with zero attached hydrogens (tertiary/aromatic N) is 4. The number of aromatic nitrogens is 3. The minimum absolute atomic E-state index is 0.113. The highest BCUT2D eigenvalue weighted by atomic mass is 32.2. The number of methoxy groups -OCH3 is 1. The molecule has 0 aliphatic heterocycles. The molecule has 3 rings (SSSR count). The molecule has 0 fully saturated rings. The molecule has 1 N–H and O–H groups in total. The van der Waals surface area contributed by atoms with Crippen LogP contribution in [0.1, 0.15) is 13.8 Å². The Labute approximate surface area is 193 Å². The Morgan fingerprint density at radius 3 is 2.41 bits per heavy atom. The molecule has 32 heavy (non-hydrogen) atoms. The van der Waals surface area contributed by atoms with Gasteiger partial charge in [0.25, 0.3) is 0 Å². The van der Waals surface area contributed by atoms with Crippen LogP contribution in [0.4, 0.5) is 11.4 Å². The molecule has 1 aromatic heterocycles. The Hall–Kier alpha value is -3.26. The zero-order valence-electron chi connectivity index (χ0n) is 18.7. The number of benzene rings is 2. The van der Waals surface area contributed by atoms with Crippen LogP contribution in [0.25, 0.3) is 11.4 Å². The average Bonchev–Trinajstić information content (AvgIpc) is 3.22. The predicted octanol–water partition coefficient (Wildman–Crippen LogP) is 4.72. The molecule has 2 aromatic carbocycles. The van der Waals surface area contributed by atoms with Crippen LogP contribution >= 0.6 is 11.8 Å². The largest absolute Gasteiger partial charge is 0.497 e. The van der Waals surface area contributed by atoms with Gasteiger partial charge >= 0.3 is 0 Å². The molecular formula is C24H29N5O2S. The van der Waals surface area contributed by atoms with Crippen molar-refractivity contribution in [1.29, 1.82) is 0 Å². The van der Waals surface area contributed by atoms with Crippen LogP contribution < -0.4 is 15.0 Å². The topological polar surface area (TPSA) is 72.3 Å². The van der Waals surface area contributed by atoms with Gasteiger partial charge in [-0.25, -0.2) is 0 Å². The number of nitrogens with one attached hydrogen (secondary N) is 1. The van der Waals surface area contributed by atoms with E-state index in [1.54, 1.807) is 25.3 Å². The van der Waals surface area contributed by atoms with Crippen molar-refractivity contribution in [1.82, 2.24) is 14.8 Å². The standard InChI is InChI=1S/C24H29N5O2S/c1-5-16-29-23(18-8-12-20(13-9-18)28(6-2)7-3)26-27-24(29)32-17-22(30)25-19-10-14-21(31-4)15-11-19/h5,8-15H,1,6-7,16-17H2,2-4H3,(H,25,30). The van der Waals surface area contributed by atoms with E-state index in [1.807, 2.05) is 16.7 Å². The number of hydrogen-bond donors (Lipinski definition) is 1. The number of anilines is 2. The number of ether oxygens (including phenoxy) is 1. The molecule has 0 saturated carbocycles. The molecule has 7 nitrogen and oxygen atoms in total. The number of carbonyl (C=O) groups excluding carboxylic acids is 1. The molecule has 8 heteroatoms. The van der Waals surface area contributed by atoms with Gasteiger partial charge in [0.2, 0.25) is 5.91 Å². The maximum Gasteiger partial charge on any atom is 0.234 e. The number of hydrogen-bond acceptors (Lipinski definition) is 6. The SMILES string of the molecule is C=CCn1c(SCC(=O)Nc2ccc(OC)cc2)nnc1-c1ccc(N(CC)CC)cc1. The van der Waals surface area contributed by atoms with E-state index in [4.69, 9.17) is 4.74 Å². The molecule has 0 radical (unpaired) electrons. The molecule has 0 atom stereocenters. The minimum Gasteiger partial charge on any atom is -0.497 e. The van der Waals surface area contributed by atoms with Crippen LogP contribution in [-0.2, 0) is 11.3 Å². The van der Waals surface area contributed by atoms with E-state index in [0.29, 0.717) is 11.7 Å². The fourth-order valence-electron chi connectivity index (χ4n) is 3.31. The Kier molecular flexibility index (Phi) is 8.33. The molecule has 0 aliphatic rings. The summed E-state index contributed by atoms with van der Waals surface area (Å²) in [7, 11) is 1.61. The highest BCUT2D eigenvalue weighted by Crippen LogP contribution is 2.26. The normalized spacial score (nSPS) is 10.6. The van der Waals surface area contributed by atoms with Gasteiger partial charge in [0, 0.05) is 36.6 Å². The van der Waals surface area contributed by atoms with E-state index in [2.05, 4.69) is 65.1 Å². The van der Waals surface area contributed by atoms with Crippen molar-refractivity contribution >= 4 is 29.0 Å². The van der Waals surface area contributed by atoms with Crippen LogP contribution in [0.15, 0.2) is 66.3 Å². The summed E-state index contributed by atoms with van der Waals surface area (Å²) in [4.78, 5) is 14.7. The van der Waals surface area contributed by atoms with Crippen LogP contribution in [0.5, 0.6) is 5.75 Å². The average molecular weight is 452 g/mol. The minimum atomic E-state index is -0.113. The fourth-order valence-corrected chi connectivity index (χ4v) is 4.06. The van der Waals surface area contributed by atoms with Gasteiger partial charge in [0.05, 0.1) is 12.9 Å². The van der Waals surface area contributed by atoms with Gasteiger partial charge in [-0.1, -0.05) is 17.8 Å². The summed E-state index contributed by atoms with van der Waals surface area (Å²) in [5.74, 6) is 1.61. The lowest BCUT2D eigenvalue weighted by molar-refractivity contribution is -0.113. The molecule has 1 heterocycles. The number of thioether (sulfide) groups is 1. The monoisotopic (exact) mass is 451 g/mol. The van der Waals surface area contributed by atoms with E-state index in [9.17, 15) is 4.79 Å². The van der Waals surface area contributed by atoms with Gasteiger partial charge in [-0.05, 0) is 62.4 Å². The van der Waals surface area contributed by atoms with E-state index in [-0.39, 0.29) is 11.7 Å². The molecule has 0 aliphatic carbocycles. The second kappa shape index (κ2) is 11.4. The van der Waals surface area contributed by atoms with Crippen molar-refractivity contribution in [3.05, 3.63) is 61.2 Å². The van der Waals surface area contributed by atoms with Crippen molar-refractivity contribution in [2.24, 2.45) is 0 Å². The predicted molar refractivity (Wildman–Crippen MR) is 132 cm³/mol. The van der Waals surface area contributed by atoms with Crippen molar-refractivity contribution in [2.75, 3.05) is 36.2 Å². The van der Waals surface area contributed by atoms with Crippen LogP contribution in [0.2, 0.25) is 0 Å². The lowest BCUT2D eigenvalue weighted by Crippen LogP contribution is -2.21. The smallest absolute Gasteiger partial charge is 0.234 e. The highest BCUT2D eigenvalue weighted by molar-refractivity contribution is 7.99. The number of rotatable bonds is 11. The summed E-state index contributed by atoms with van der Waals surface area (Å²) in [6.45, 7) is 10.6. The Balaban J connectivity index is 1.70. The molecular weight excluding hydrogens is 422 g/mol. The Morgan fingerprint density at radius 2 is 1.81 bits per heavy atom. The van der Waals surface area contributed by atoms with Crippen molar-refractivity contribution in [3.8, 4) is 17.1 Å². The lowest BCUT2D eigenvalue weighted by atomic mass is 10.2.